The number of carbonyl (C=O) groups excluding carboxylic acids is 2. The minimum absolute atomic E-state index is 0.228. The molecule has 0 atom stereocenters. The number of anilines is 1. The molecule has 1 aliphatic heterocycles. The Morgan fingerprint density at radius 1 is 1.11 bits per heavy atom. The molecule has 1 aliphatic rings. The first-order valence-corrected chi connectivity index (χ1v) is 8.65. The van der Waals surface area contributed by atoms with E-state index in [4.69, 9.17) is 4.74 Å². The first kappa shape index (κ1) is 19.9. The maximum atomic E-state index is 13.8. The fraction of sp³-hybridized carbons (Fsp3) is 0.300. The van der Waals surface area contributed by atoms with Crippen molar-refractivity contribution in [2.24, 2.45) is 0 Å². The van der Waals surface area contributed by atoms with E-state index < -0.39 is 34.5 Å². The summed E-state index contributed by atoms with van der Waals surface area (Å²) in [4.78, 5) is 26.8. The molecular formula is C20H19F3N2O3. The van der Waals surface area contributed by atoms with E-state index in [0.29, 0.717) is 31.4 Å². The minimum atomic E-state index is -1.72. The molecule has 1 heterocycles. The number of halogens is 3. The van der Waals surface area contributed by atoms with Gasteiger partial charge in [0.1, 0.15) is 0 Å². The molecule has 0 spiro atoms. The monoisotopic (exact) mass is 392 g/mol. The van der Waals surface area contributed by atoms with E-state index in [-0.39, 0.29) is 11.6 Å². The number of hydrogen-bond donors (Lipinski definition) is 1. The van der Waals surface area contributed by atoms with Gasteiger partial charge in [-0.05, 0) is 44.2 Å². The van der Waals surface area contributed by atoms with Crippen LogP contribution in [0.15, 0.2) is 36.4 Å². The van der Waals surface area contributed by atoms with Crippen LogP contribution in [0.1, 0.15) is 34.6 Å². The molecule has 0 aromatic heterocycles. The summed E-state index contributed by atoms with van der Waals surface area (Å²) in [5, 5.41) is 2.40. The van der Waals surface area contributed by atoms with Crippen molar-refractivity contribution in [2.75, 3.05) is 25.1 Å². The van der Waals surface area contributed by atoms with Crippen LogP contribution in [-0.4, -0.2) is 42.0 Å². The van der Waals surface area contributed by atoms with Gasteiger partial charge in [-0.1, -0.05) is 6.07 Å². The van der Waals surface area contributed by atoms with Crippen LogP contribution in [-0.2, 0) is 4.74 Å². The van der Waals surface area contributed by atoms with Gasteiger partial charge in [-0.2, -0.15) is 0 Å². The van der Waals surface area contributed by atoms with Crippen LogP contribution in [0.3, 0.4) is 0 Å². The lowest BCUT2D eigenvalue weighted by Gasteiger charge is -2.42. The second-order valence-corrected chi connectivity index (χ2v) is 7.08. The molecule has 5 nitrogen and oxygen atoms in total. The second-order valence-electron chi connectivity index (χ2n) is 7.08. The van der Waals surface area contributed by atoms with Crippen molar-refractivity contribution in [1.82, 2.24) is 4.90 Å². The molecule has 8 heteroatoms. The molecule has 3 rings (SSSR count). The molecule has 0 unspecified atom stereocenters. The standard InChI is InChI=1S/C20H19F3N2O3/c1-20(2)11-28-9-8-25(20)19(27)12-4-3-5-13(10-12)24-18(26)14-6-7-15(21)17(23)16(14)22/h3-7,10H,8-9,11H2,1-2H3,(H,24,26). The number of ether oxygens (including phenoxy) is 1. The quantitative estimate of drug-likeness (QED) is 0.812. The van der Waals surface area contributed by atoms with Crippen molar-refractivity contribution in [3.05, 3.63) is 65.0 Å². The summed E-state index contributed by atoms with van der Waals surface area (Å²) in [6.07, 6.45) is 0. The number of benzene rings is 2. The summed E-state index contributed by atoms with van der Waals surface area (Å²) in [6, 6.07) is 7.65. The van der Waals surface area contributed by atoms with E-state index in [2.05, 4.69) is 5.32 Å². The zero-order chi connectivity index (χ0) is 20.5. The molecule has 148 valence electrons. The molecule has 0 bridgehead atoms. The van der Waals surface area contributed by atoms with Gasteiger partial charge in [-0.3, -0.25) is 9.59 Å². The fourth-order valence-electron chi connectivity index (χ4n) is 3.02. The van der Waals surface area contributed by atoms with Gasteiger partial charge in [-0.15, -0.1) is 0 Å². The maximum Gasteiger partial charge on any atom is 0.258 e. The molecule has 2 amide bonds. The molecule has 28 heavy (non-hydrogen) atoms. The number of amides is 2. The van der Waals surface area contributed by atoms with Crippen LogP contribution >= 0.6 is 0 Å². The van der Waals surface area contributed by atoms with Crippen LogP contribution in [0.5, 0.6) is 0 Å². The Labute approximate surface area is 160 Å². The summed E-state index contributed by atoms with van der Waals surface area (Å²) in [5.41, 5.74) is -0.557. The van der Waals surface area contributed by atoms with Gasteiger partial charge in [0.2, 0.25) is 0 Å². The Kier molecular flexibility index (Phi) is 5.42. The Morgan fingerprint density at radius 3 is 2.57 bits per heavy atom. The Balaban J connectivity index is 1.81. The highest BCUT2D eigenvalue weighted by Crippen LogP contribution is 2.23. The van der Waals surface area contributed by atoms with Crippen LogP contribution in [0, 0.1) is 17.5 Å². The molecular weight excluding hydrogens is 373 g/mol. The van der Waals surface area contributed by atoms with Crippen LogP contribution in [0.4, 0.5) is 18.9 Å². The molecule has 0 aliphatic carbocycles. The van der Waals surface area contributed by atoms with E-state index in [1.165, 1.54) is 12.1 Å². The number of rotatable bonds is 3. The molecule has 1 fully saturated rings. The molecule has 1 N–H and O–H groups in total. The molecule has 0 radical (unpaired) electrons. The smallest absolute Gasteiger partial charge is 0.258 e. The SMILES string of the molecule is CC1(C)COCCN1C(=O)c1cccc(NC(=O)c2ccc(F)c(F)c2F)c1. The predicted octanol–water partition coefficient (Wildman–Crippen LogP) is 3.61. The lowest BCUT2D eigenvalue weighted by molar-refractivity contribution is -0.0370. The lowest BCUT2D eigenvalue weighted by atomic mass is 10.0. The van der Waals surface area contributed by atoms with Gasteiger partial charge in [0.25, 0.3) is 11.8 Å². The third kappa shape index (κ3) is 3.87. The van der Waals surface area contributed by atoms with Crippen molar-refractivity contribution in [1.29, 1.82) is 0 Å². The largest absolute Gasteiger partial charge is 0.377 e. The summed E-state index contributed by atoms with van der Waals surface area (Å²) < 4.78 is 45.6. The normalized spacial score (nSPS) is 16.0. The highest BCUT2D eigenvalue weighted by Gasteiger charge is 2.34. The van der Waals surface area contributed by atoms with Gasteiger partial charge < -0.3 is 15.0 Å². The van der Waals surface area contributed by atoms with Gasteiger partial charge in [0.15, 0.2) is 17.5 Å². The van der Waals surface area contributed by atoms with E-state index in [1.54, 1.807) is 17.0 Å². The number of nitrogens with one attached hydrogen (secondary N) is 1. The van der Waals surface area contributed by atoms with Crippen molar-refractivity contribution in [3.8, 4) is 0 Å². The number of morpholine rings is 1. The van der Waals surface area contributed by atoms with Crippen molar-refractivity contribution >= 4 is 17.5 Å². The Bertz CT molecular complexity index is 931. The summed E-state index contributed by atoms with van der Waals surface area (Å²) >= 11 is 0. The topological polar surface area (TPSA) is 58.6 Å². The number of nitrogens with zero attached hydrogens (tertiary/aromatic N) is 1. The Morgan fingerprint density at radius 2 is 1.86 bits per heavy atom. The lowest BCUT2D eigenvalue weighted by Crippen LogP contribution is -2.55. The van der Waals surface area contributed by atoms with Crippen molar-refractivity contribution < 1.29 is 27.5 Å². The van der Waals surface area contributed by atoms with E-state index >= 15 is 0 Å². The predicted molar refractivity (Wildman–Crippen MR) is 96.6 cm³/mol. The van der Waals surface area contributed by atoms with Crippen LogP contribution in [0.2, 0.25) is 0 Å². The highest BCUT2D eigenvalue weighted by molar-refractivity contribution is 6.05. The molecule has 1 saturated heterocycles. The zero-order valence-electron chi connectivity index (χ0n) is 15.4. The molecule has 2 aromatic carbocycles. The van der Waals surface area contributed by atoms with Crippen LogP contribution < -0.4 is 5.32 Å². The van der Waals surface area contributed by atoms with Crippen molar-refractivity contribution in [3.63, 3.8) is 0 Å². The summed E-state index contributed by atoms with van der Waals surface area (Å²) in [5.74, 6) is -5.85. The average Bonchev–Trinajstić information content (AvgIpc) is 2.65. The highest BCUT2D eigenvalue weighted by atomic mass is 19.2. The third-order valence-electron chi connectivity index (χ3n) is 4.54. The van der Waals surface area contributed by atoms with E-state index in [1.807, 2.05) is 13.8 Å². The molecule has 2 aromatic rings. The summed E-state index contributed by atoms with van der Waals surface area (Å²) in [6.45, 7) is 5.05. The van der Waals surface area contributed by atoms with Gasteiger partial charge in [0.05, 0.1) is 24.3 Å². The number of hydrogen-bond acceptors (Lipinski definition) is 3. The van der Waals surface area contributed by atoms with Gasteiger partial charge in [0, 0.05) is 17.8 Å². The first-order chi connectivity index (χ1) is 13.2. The second kappa shape index (κ2) is 7.63. The van der Waals surface area contributed by atoms with Crippen LogP contribution in [0.25, 0.3) is 0 Å². The van der Waals surface area contributed by atoms with Crippen molar-refractivity contribution in [2.45, 2.75) is 19.4 Å². The number of carbonyl (C=O) groups is 2. The average molecular weight is 392 g/mol. The fourth-order valence-corrected chi connectivity index (χ4v) is 3.02. The Hall–Kier alpha value is -2.87. The molecule has 0 saturated carbocycles. The zero-order valence-corrected chi connectivity index (χ0v) is 15.4. The maximum absolute atomic E-state index is 13.8. The van der Waals surface area contributed by atoms with E-state index in [0.717, 1.165) is 6.07 Å². The third-order valence-corrected chi connectivity index (χ3v) is 4.54. The van der Waals surface area contributed by atoms with Gasteiger partial charge >= 0.3 is 0 Å². The summed E-state index contributed by atoms with van der Waals surface area (Å²) in [7, 11) is 0. The van der Waals surface area contributed by atoms with Gasteiger partial charge in [-0.25, -0.2) is 13.2 Å². The minimum Gasteiger partial charge on any atom is -0.377 e. The van der Waals surface area contributed by atoms with E-state index in [9.17, 15) is 22.8 Å². The first-order valence-electron chi connectivity index (χ1n) is 8.65.